The summed E-state index contributed by atoms with van der Waals surface area (Å²) in [5.74, 6) is 1.90. The number of fused-ring (bicyclic) bond motifs is 2. The van der Waals surface area contributed by atoms with E-state index in [1.807, 2.05) is 12.1 Å². The molecule has 57 heavy (non-hydrogen) atoms. The second-order valence-corrected chi connectivity index (χ2v) is 16.2. The first-order valence-corrected chi connectivity index (χ1v) is 20.1. The van der Waals surface area contributed by atoms with Crippen molar-refractivity contribution in [2.75, 3.05) is 54.1 Å². The molecule has 292 valence electrons. The van der Waals surface area contributed by atoms with Crippen molar-refractivity contribution in [3.8, 4) is 26.6 Å². The zero-order chi connectivity index (χ0) is 39.6. The molecule has 7 aromatic rings. The van der Waals surface area contributed by atoms with Crippen LogP contribution in [0.3, 0.4) is 0 Å². The third kappa shape index (κ3) is 8.83. The predicted molar refractivity (Wildman–Crippen MR) is 225 cm³/mol. The van der Waals surface area contributed by atoms with E-state index < -0.39 is 0 Å². The number of aromatic nitrogens is 4. The summed E-state index contributed by atoms with van der Waals surface area (Å²) in [7, 11) is 0. The lowest BCUT2D eigenvalue weighted by molar-refractivity contribution is -0.123. The predicted octanol–water partition coefficient (Wildman–Crippen LogP) is 7.12. The fourth-order valence-corrected chi connectivity index (χ4v) is 9.04. The molecule has 4 aromatic heterocycles. The van der Waals surface area contributed by atoms with E-state index >= 15 is 0 Å². The topological polar surface area (TPSA) is 174 Å². The van der Waals surface area contributed by atoms with Gasteiger partial charge in [-0.05, 0) is 84.6 Å². The Morgan fingerprint density at radius 2 is 1.26 bits per heavy atom. The number of carbonyl (C=O) groups is 1. The molecule has 2 aliphatic rings. The molecule has 0 spiro atoms. The van der Waals surface area contributed by atoms with Crippen LogP contribution in [0.4, 0.5) is 32.3 Å². The maximum absolute atomic E-state index is 13.3. The highest BCUT2D eigenvalue weighted by atomic mass is 35.5. The minimum Gasteiger partial charge on any atom is -0.484 e. The molecule has 6 heterocycles. The number of nitrogens with zero attached hydrogens (tertiary/aromatic N) is 6. The Kier molecular flexibility index (Phi) is 11.0. The lowest BCUT2D eigenvalue weighted by Gasteiger charge is -2.19. The van der Waals surface area contributed by atoms with E-state index in [2.05, 4.69) is 35.1 Å². The number of anilines is 4. The van der Waals surface area contributed by atoms with E-state index in [1.54, 1.807) is 48.5 Å². The summed E-state index contributed by atoms with van der Waals surface area (Å²) in [6.45, 7) is 2.88. The molecule has 17 heteroatoms. The highest BCUT2D eigenvalue weighted by molar-refractivity contribution is 7.22. The third-order valence-electron chi connectivity index (χ3n) is 9.60. The first kappa shape index (κ1) is 38.2. The summed E-state index contributed by atoms with van der Waals surface area (Å²) in [6, 6.07) is 23.8. The van der Waals surface area contributed by atoms with Crippen LogP contribution in [0.2, 0.25) is 5.02 Å². The maximum Gasteiger partial charge on any atom is 0.258 e. The minimum atomic E-state index is -0.279. The molecule has 2 saturated heterocycles. The number of amides is 1. The quantitative estimate of drug-likeness (QED) is 0.123. The largest absolute Gasteiger partial charge is 0.484 e. The minimum absolute atomic E-state index is 0.0391. The van der Waals surface area contributed by atoms with Crippen molar-refractivity contribution in [2.24, 2.45) is 5.73 Å². The lowest BCUT2D eigenvalue weighted by Crippen LogP contribution is -2.39. The van der Waals surface area contributed by atoms with Crippen molar-refractivity contribution >= 4 is 84.1 Å². The van der Waals surface area contributed by atoms with Gasteiger partial charge in [0.05, 0.1) is 10.8 Å². The number of halogens is 3. The molecule has 0 saturated carbocycles. The van der Waals surface area contributed by atoms with Crippen LogP contribution in [0.5, 0.6) is 5.75 Å². The molecule has 2 aliphatic heterocycles. The molecule has 3 aromatic carbocycles. The number of thiophene rings is 2. The number of hydrogen-bond donors (Lipinski definition) is 4. The van der Waals surface area contributed by atoms with Crippen molar-refractivity contribution in [2.45, 2.75) is 24.9 Å². The van der Waals surface area contributed by atoms with E-state index in [0.29, 0.717) is 17.3 Å². The van der Waals surface area contributed by atoms with Gasteiger partial charge in [0.1, 0.15) is 38.7 Å². The summed E-state index contributed by atoms with van der Waals surface area (Å²) in [5, 5.41) is 5.48. The van der Waals surface area contributed by atoms with Gasteiger partial charge in [-0.3, -0.25) is 4.79 Å². The van der Waals surface area contributed by atoms with Crippen LogP contribution in [-0.2, 0) is 4.79 Å². The highest BCUT2D eigenvalue weighted by Crippen LogP contribution is 2.39. The first-order chi connectivity index (χ1) is 27.5. The van der Waals surface area contributed by atoms with Crippen LogP contribution < -0.4 is 37.1 Å². The van der Waals surface area contributed by atoms with Gasteiger partial charge in [-0.1, -0.05) is 35.9 Å². The molecule has 0 unspecified atom stereocenters. The van der Waals surface area contributed by atoms with Crippen LogP contribution in [0.15, 0.2) is 84.9 Å². The Hall–Kier alpha value is -5.68. The summed E-state index contributed by atoms with van der Waals surface area (Å²) >= 11 is 8.88. The maximum atomic E-state index is 13.3. The van der Waals surface area contributed by atoms with Gasteiger partial charge in [-0.25, -0.2) is 18.7 Å². The molecular weight excluding hydrogens is 790 g/mol. The van der Waals surface area contributed by atoms with Crippen LogP contribution in [0, 0.1) is 11.6 Å². The number of hydrogen-bond acceptors (Lipinski definition) is 13. The molecule has 9 rings (SSSR count). The number of benzene rings is 3. The fraction of sp³-hybridized carbons (Fsp3) is 0.225. The number of ether oxygens (including phenoxy) is 1. The van der Waals surface area contributed by atoms with Gasteiger partial charge < -0.3 is 37.1 Å². The van der Waals surface area contributed by atoms with Gasteiger partial charge in [-0.2, -0.15) is 9.97 Å². The van der Waals surface area contributed by atoms with Gasteiger partial charge in [0.15, 0.2) is 6.61 Å². The SMILES string of the molecule is Nc1nc(N2CC[C@@H](N)C2)c2cc(-c3ccc(F)cc3)sc2n1.Nc1nc(N2CC[C@@H](NC(=O)COc3ccc(Cl)cc3)C2)c2cc(-c3ccc(F)cc3)sc2n1. The Labute approximate surface area is 339 Å². The number of rotatable bonds is 8. The van der Waals surface area contributed by atoms with E-state index in [-0.39, 0.29) is 48.1 Å². The molecule has 0 bridgehead atoms. The lowest BCUT2D eigenvalue weighted by atomic mass is 10.2. The van der Waals surface area contributed by atoms with E-state index in [9.17, 15) is 13.6 Å². The van der Waals surface area contributed by atoms with E-state index in [4.69, 9.17) is 33.5 Å². The number of nitrogen functional groups attached to an aromatic ring is 2. The van der Waals surface area contributed by atoms with Crippen molar-refractivity contribution in [1.82, 2.24) is 25.3 Å². The standard InChI is InChI=1S/C24H21ClFN5O2S.C16H16FN5S/c25-15-3-7-18(8-4-15)33-13-21(32)28-17-9-10-31(12-17)22-19-11-20(14-1-5-16(26)6-2-14)34-23(19)30-24(27)29-22;17-10-3-1-9(2-4-10)13-7-12-14(22-6-5-11(18)8-22)20-16(19)21-15(12)23-13/h1-8,11,17H,9-10,12-13H2,(H,28,32)(H2,27,29,30);1-4,7,11H,5-6,8,18H2,(H2,19,20,21)/t17-;11-/m11/s1. The van der Waals surface area contributed by atoms with Crippen LogP contribution in [-0.4, -0.2) is 70.7 Å². The van der Waals surface area contributed by atoms with Crippen LogP contribution in [0.25, 0.3) is 41.3 Å². The zero-order valence-electron chi connectivity index (χ0n) is 30.4. The molecule has 0 radical (unpaired) electrons. The monoisotopic (exact) mass is 826 g/mol. The van der Waals surface area contributed by atoms with Gasteiger partial charge in [0.25, 0.3) is 5.91 Å². The number of nitrogens with two attached hydrogens (primary N) is 3. The Bertz CT molecular complexity index is 2540. The van der Waals surface area contributed by atoms with Crippen LogP contribution >= 0.6 is 34.3 Å². The average molecular weight is 827 g/mol. The van der Waals surface area contributed by atoms with Crippen molar-refractivity contribution < 1.29 is 18.3 Å². The second-order valence-electron chi connectivity index (χ2n) is 13.7. The Balaban J connectivity index is 0.000000172. The van der Waals surface area contributed by atoms with Gasteiger partial charge >= 0.3 is 0 Å². The summed E-state index contributed by atoms with van der Waals surface area (Å²) < 4.78 is 32.0. The summed E-state index contributed by atoms with van der Waals surface area (Å²) in [5.41, 5.74) is 19.7. The Morgan fingerprint density at radius 1 is 0.754 bits per heavy atom. The van der Waals surface area contributed by atoms with Gasteiger partial charge in [0.2, 0.25) is 11.9 Å². The second kappa shape index (κ2) is 16.4. The zero-order valence-corrected chi connectivity index (χ0v) is 32.8. The number of nitrogens with one attached hydrogen (secondary N) is 1. The normalized spacial score (nSPS) is 16.6. The van der Waals surface area contributed by atoms with Gasteiger partial charge in [-0.15, -0.1) is 22.7 Å². The fourth-order valence-electron chi connectivity index (χ4n) is 6.84. The van der Waals surface area contributed by atoms with E-state index in [1.165, 1.54) is 46.9 Å². The Morgan fingerprint density at radius 3 is 1.77 bits per heavy atom. The first-order valence-electron chi connectivity index (χ1n) is 18.1. The number of carbonyl (C=O) groups excluding carboxylic acids is 1. The highest BCUT2D eigenvalue weighted by Gasteiger charge is 2.28. The summed E-state index contributed by atoms with van der Waals surface area (Å²) in [4.78, 5) is 37.9. The smallest absolute Gasteiger partial charge is 0.258 e. The van der Waals surface area contributed by atoms with Crippen LogP contribution in [0.1, 0.15) is 12.8 Å². The molecule has 12 nitrogen and oxygen atoms in total. The van der Waals surface area contributed by atoms with Gasteiger partial charge in [0, 0.05) is 53.0 Å². The third-order valence-corrected chi connectivity index (χ3v) is 12.0. The average Bonchev–Trinajstić information content (AvgIpc) is 4.02. The molecule has 0 aliphatic carbocycles. The molecule has 2 fully saturated rings. The van der Waals surface area contributed by atoms with E-state index in [0.717, 1.165) is 85.4 Å². The van der Waals surface area contributed by atoms with Crippen molar-refractivity contribution in [3.05, 3.63) is 102 Å². The van der Waals surface area contributed by atoms with Crippen molar-refractivity contribution in [3.63, 3.8) is 0 Å². The van der Waals surface area contributed by atoms with Crippen molar-refractivity contribution in [1.29, 1.82) is 0 Å². The molecular formula is C40H37ClF2N10O2S2. The summed E-state index contributed by atoms with van der Waals surface area (Å²) in [6.07, 6.45) is 1.72. The molecule has 7 N–H and O–H groups in total. The molecule has 1 amide bonds. The molecule has 2 atom stereocenters.